The summed E-state index contributed by atoms with van der Waals surface area (Å²) in [6.45, 7) is 4.91. The molecule has 3 N–H and O–H groups in total. The quantitative estimate of drug-likeness (QED) is 0.598. The summed E-state index contributed by atoms with van der Waals surface area (Å²) in [5.41, 5.74) is 0. The third-order valence-corrected chi connectivity index (χ3v) is 2.30. The first-order valence-electron chi connectivity index (χ1n) is 5.09. The second-order valence-corrected chi connectivity index (χ2v) is 3.72. The fraction of sp³-hybridized carbons (Fsp3) is 0.778. The molecule has 0 aromatic carbocycles. The van der Waals surface area contributed by atoms with Gasteiger partial charge in [0, 0.05) is 32.7 Å². The molecule has 94 valence electrons. The Kier molecular flexibility index (Phi) is 7.03. The zero-order valence-corrected chi connectivity index (χ0v) is 10.4. The predicted molar refractivity (Wildman–Crippen MR) is 63.8 cm³/mol. The Labute approximate surface area is 102 Å². The van der Waals surface area contributed by atoms with E-state index in [1.165, 1.54) is 7.05 Å². The number of imide groups is 1. The summed E-state index contributed by atoms with van der Waals surface area (Å²) < 4.78 is 0. The van der Waals surface area contributed by atoms with Crippen LogP contribution >= 0.6 is 12.4 Å². The molecular weight excluding hydrogens is 232 g/mol. The van der Waals surface area contributed by atoms with Crippen LogP contribution in [-0.2, 0) is 4.79 Å². The van der Waals surface area contributed by atoms with Crippen LogP contribution in [0.3, 0.4) is 0 Å². The molecule has 0 saturated carbocycles. The Bertz CT molecular complexity index is 250. The van der Waals surface area contributed by atoms with Gasteiger partial charge in [-0.15, -0.1) is 12.4 Å². The molecule has 1 heterocycles. The molecule has 3 amide bonds. The van der Waals surface area contributed by atoms with Crippen molar-refractivity contribution in [2.45, 2.75) is 13.0 Å². The van der Waals surface area contributed by atoms with Crippen molar-refractivity contribution in [3.05, 3.63) is 0 Å². The molecule has 6 nitrogen and oxygen atoms in total. The Morgan fingerprint density at radius 1 is 1.50 bits per heavy atom. The van der Waals surface area contributed by atoms with Crippen LogP contribution in [0.4, 0.5) is 4.79 Å². The molecule has 0 spiro atoms. The lowest BCUT2D eigenvalue weighted by molar-refractivity contribution is -0.121. The number of carbonyl (C=O) groups is 2. The Morgan fingerprint density at radius 2 is 2.19 bits per heavy atom. The number of nitrogens with zero attached hydrogens (tertiary/aromatic N) is 1. The lowest BCUT2D eigenvalue weighted by atomic mass is 10.2. The zero-order valence-electron chi connectivity index (χ0n) is 9.58. The highest BCUT2D eigenvalue weighted by Crippen LogP contribution is 1.97. The number of hydrogen-bond donors (Lipinski definition) is 3. The summed E-state index contributed by atoms with van der Waals surface area (Å²) in [6.07, 6.45) is 0. The van der Waals surface area contributed by atoms with E-state index >= 15 is 0 Å². The van der Waals surface area contributed by atoms with Crippen molar-refractivity contribution in [3.63, 3.8) is 0 Å². The first kappa shape index (κ1) is 15.2. The van der Waals surface area contributed by atoms with Crippen molar-refractivity contribution in [3.8, 4) is 0 Å². The van der Waals surface area contributed by atoms with Crippen LogP contribution in [-0.4, -0.2) is 56.1 Å². The second-order valence-electron chi connectivity index (χ2n) is 3.72. The van der Waals surface area contributed by atoms with Gasteiger partial charge < -0.3 is 10.6 Å². The van der Waals surface area contributed by atoms with Crippen LogP contribution in [0.15, 0.2) is 0 Å². The van der Waals surface area contributed by atoms with E-state index in [1.807, 2.05) is 4.90 Å². The third kappa shape index (κ3) is 5.29. The number of nitrogens with one attached hydrogen (secondary N) is 3. The van der Waals surface area contributed by atoms with E-state index in [0.717, 1.165) is 19.6 Å². The average Bonchev–Trinajstić information content (AvgIpc) is 2.17. The monoisotopic (exact) mass is 250 g/mol. The van der Waals surface area contributed by atoms with Crippen molar-refractivity contribution in [2.75, 3.05) is 33.2 Å². The smallest absolute Gasteiger partial charge is 0.321 e. The Morgan fingerprint density at radius 3 is 2.75 bits per heavy atom. The van der Waals surface area contributed by atoms with Gasteiger partial charge in [-0.25, -0.2) is 4.79 Å². The number of halogens is 1. The first-order valence-corrected chi connectivity index (χ1v) is 5.09. The number of piperazine rings is 1. The highest BCUT2D eigenvalue weighted by atomic mass is 35.5. The van der Waals surface area contributed by atoms with Gasteiger partial charge in [0.15, 0.2) is 0 Å². The molecule has 1 unspecified atom stereocenters. The standard InChI is InChI=1S/C9H18N4O2.ClH/c1-7-5-13(4-3-11-7)6-8(14)12-9(15)10-2;/h7,11H,3-6H2,1-2H3,(H2,10,12,14,15);1H. The second kappa shape index (κ2) is 7.43. The van der Waals surface area contributed by atoms with E-state index in [2.05, 4.69) is 22.9 Å². The van der Waals surface area contributed by atoms with Crippen molar-refractivity contribution in [1.29, 1.82) is 0 Å². The molecule has 1 saturated heterocycles. The largest absolute Gasteiger partial charge is 0.341 e. The van der Waals surface area contributed by atoms with E-state index in [0.29, 0.717) is 6.04 Å². The molecule has 0 radical (unpaired) electrons. The zero-order chi connectivity index (χ0) is 11.3. The van der Waals surface area contributed by atoms with E-state index in [-0.39, 0.29) is 24.9 Å². The van der Waals surface area contributed by atoms with Gasteiger partial charge >= 0.3 is 6.03 Å². The maximum atomic E-state index is 11.4. The number of rotatable bonds is 2. The number of carbonyl (C=O) groups excluding carboxylic acids is 2. The molecular formula is C9H19ClN4O2. The summed E-state index contributed by atoms with van der Waals surface area (Å²) in [5.74, 6) is -0.261. The normalized spacial score (nSPS) is 20.8. The van der Waals surface area contributed by atoms with Gasteiger partial charge in [0.05, 0.1) is 6.54 Å². The van der Waals surface area contributed by atoms with Crippen LogP contribution in [0.1, 0.15) is 6.92 Å². The SMILES string of the molecule is CNC(=O)NC(=O)CN1CCNC(C)C1.Cl. The van der Waals surface area contributed by atoms with Gasteiger partial charge in [-0.1, -0.05) is 0 Å². The molecule has 0 aromatic heterocycles. The maximum Gasteiger partial charge on any atom is 0.321 e. The Balaban J connectivity index is 0.00000225. The predicted octanol–water partition coefficient (Wildman–Crippen LogP) is -0.842. The number of urea groups is 1. The minimum atomic E-state index is -0.455. The minimum Gasteiger partial charge on any atom is -0.341 e. The summed E-state index contributed by atoms with van der Waals surface area (Å²) in [6, 6.07) is -0.0604. The highest BCUT2D eigenvalue weighted by molar-refractivity contribution is 5.95. The molecule has 0 aromatic rings. The molecule has 7 heteroatoms. The number of hydrogen-bond acceptors (Lipinski definition) is 4. The lowest BCUT2D eigenvalue weighted by Gasteiger charge is -2.30. The molecule has 1 rings (SSSR count). The van der Waals surface area contributed by atoms with Crippen LogP contribution < -0.4 is 16.0 Å². The maximum absolute atomic E-state index is 11.4. The van der Waals surface area contributed by atoms with Gasteiger partial charge in [-0.2, -0.15) is 0 Å². The third-order valence-electron chi connectivity index (χ3n) is 2.30. The van der Waals surface area contributed by atoms with E-state index in [9.17, 15) is 9.59 Å². The van der Waals surface area contributed by atoms with Gasteiger partial charge in [-0.3, -0.25) is 15.0 Å². The molecule has 1 aliphatic heterocycles. The molecule has 0 bridgehead atoms. The van der Waals surface area contributed by atoms with Crippen molar-refractivity contribution in [1.82, 2.24) is 20.9 Å². The fourth-order valence-corrected chi connectivity index (χ4v) is 1.59. The van der Waals surface area contributed by atoms with Crippen LogP contribution in [0.5, 0.6) is 0 Å². The van der Waals surface area contributed by atoms with E-state index in [1.54, 1.807) is 0 Å². The molecule has 1 fully saturated rings. The van der Waals surface area contributed by atoms with Crippen molar-refractivity contribution >= 4 is 24.3 Å². The average molecular weight is 251 g/mol. The lowest BCUT2D eigenvalue weighted by Crippen LogP contribution is -2.52. The van der Waals surface area contributed by atoms with E-state index in [4.69, 9.17) is 0 Å². The molecule has 16 heavy (non-hydrogen) atoms. The summed E-state index contributed by atoms with van der Waals surface area (Å²) in [5, 5.41) is 7.87. The summed E-state index contributed by atoms with van der Waals surface area (Å²) in [4.78, 5) is 24.2. The van der Waals surface area contributed by atoms with Crippen molar-refractivity contribution in [2.24, 2.45) is 0 Å². The molecule has 1 aliphatic rings. The van der Waals surface area contributed by atoms with E-state index < -0.39 is 6.03 Å². The fourth-order valence-electron chi connectivity index (χ4n) is 1.59. The van der Waals surface area contributed by atoms with Crippen LogP contribution in [0, 0.1) is 0 Å². The first-order chi connectivity index (χ1) is 7.11. The summed E-state index contributed by atoms with van der Waals surface area (Å²) in [7, 11) is 1.48. The van der Waals surface area contributed by atoms with Gasteiger partial charge in [-0.05, 0) is 6.92 Å². The van der Waals surface area contributed by atoms with Gasteiger partial charge in [0.1, 0.15) is 0 Å². The molecule has 1 atom stereocenters. The van der Waals surface area contributed by atoms with Crippen LogP contribution in [0.2, 0.25) is 0 Å². The number of amides is 3. The topological polar surface area (TPSA) is 73.5 Å². The van der Waals surface area contributed by atoms with Gasteiger partial charge in [0.25, 0.3) is 0 Å². The Hall–Kier alpha value is -0.850. The summed E-state index contributed by atoms with van der Waals surface area (Å²) >= 11 is 0. The van der Waals surface area contributed by atoms with Gasteiger partial charge in [0.2, 0.25) is 5.91 Å². The molecule has 0 aliphatic carbocycles. The van der Waals surface area contributed by atoms with Crippen molar-refractivity contribution < 1.29 is 9.59 Å². The minimum absolute atomic E-state index is 0. The highest BCUT2D eigenvalue weighted by Gasteiger charge is 2.18. The van der Waals surface area contributed by atoms with Crippen LogP contribution in [0.25, 0.3) is 0 Å².